The second kappa shape index (κ2) is 8.90. The van der Waals surface area contributed by atoms with Gasteiger partial charge in [0.2, 0.25) is 0 Å². The summed E-state index contributed by atoms with van der Waals surface area (Å²) in [5, 5.41) is 6.08. The fraction of sp³-hybridized carbons (Fsp3) is 0.333. The summed E-state index contributed by atoms with van der Waals surface area (Å²) in [5.41, 5.74) is 4.37. The minimum absolute atomic E-state index is 0.0630. The number of carbonyl (C=O) groups is 1. The Labute approximate surface area is 159 Å². The van der Waals surface area contributed by atoms with Gasteiger partial charge in [-0.2, -0.15) is 5.10 Å². The third-order valence-electron chi connectivity index (χ3n) is 4.31. The van der Waals surface area contributed by atoms with Gasteiger partial charge in [0.25, 0.3) is 5.91 Å². The Morgan fingerprint density at radius 2 is 1.85 bits per heavy atom. The lowest BCUT2D eigenvalue weighted by atomic mass is 10.1. The van der Waals surface area contributed by atoms with Crippen molar-refractivity contribution < 1.29 is 9.53 Å². The van der Waals surface area contributed by atoms with Crippen LogP contribution in [-0.4, -0.2) is 41.3 Å². The first-order valence-electron chi connectivity index (χ1n) is 8.85. The summed E-state index contributed by atoms with van der Waals surface area (Å²) in [4.78, 5) is 12.3. The molecular formula is C21H24N2O2S. The van der Waals surface area contributed by atoms with Crippen LogP contribution in [0.15, 0.2) is 53.6 Å². The number of hydrogen-bond donors (Lipinski definition) is 0. The van der Waals surface area contributed by atoms with Crippen LogP contribution < -0.4 is 4.74 Å². The number of para-hydroxylation sites is 1. The van der Waals surface area contributed by atoms with Gasteiger partial charge in [-0.3, -0.25) is 4.79 Å². The normalized spacial score (nSPS) is 13.6. The summed E-state index contributed by atoms with van der Waals surface area (Å²) < 4.78 is 5.88. The first-order valence-corrected chi connectivity index (χ1v) is 10.0. The lowest BCUT2D eigenvalue weighted by Crippen LogP contribution is -2.25. The third kappa shape index (κ3) is 4.67. The highest BCUT2D eigenvalue weighted by Crippen LogP contribution is 2.22. The number of hydrazone groups is 1. The van der Waals surface area contributed by atoms with Crippen LogP contribution in [0, 0.1) is 13.8 Å². The summed E-state index contributed by atoms with van der Waals surface area (Å²) in [6.07, 6.45) is 0.816. The maximum absolute atomic E-state index is 12.3. The van der Waals surface area contributed by atoms with Crippen molar-refractivity contribution in [2.45, 2.75) is 20.3 Å². The lowest BCUT2D eigenvalue weighted by molar-refractivity contribution is -0.127. The number of benzene rings is 2. The van der Waals surface area contributed by atoms with E-state index in [2.05, 4.69) is 31.1 Å². The SMILES string of the molecule is Cc1cccc(C)c1OCCSCC(=O)N1CCC(c2ccccc2)=N1. The van der Waals surface area contributed by atoms with E-state index >= 15 is 0 Å². The average molecular weight is 369 g/mol. The monoisotopic (exact) mass is 368 g/mol. The molecule has 0 atom stereocenters. The highest BCUT2D eigenvalue weighted by atomic mass is 32.2. The molecule has 0 radical (unpaired) electrons. The zero-order valence-electron chi connectivity index (χ0n) is 15.3. The maximum Gasteiger partial charge on any atom is 0.252 e. The Balaban J connectivity index is 1.42. The molecule has 2 aromatic rings. The second-order valence-electron chi connectivity index (χ2n) is 6.30. The molecular weight excluding hydrogens is 344 g/mol. The summed E-state index contributed by atoms with van der Waals surface area (Å²) in [6, 6.07) is 16.2. The fourth-order valence-electron chi connectivity index (χ4n) is 2.93. The van der Waals surface area contributed by atoms with Crippen LogP contribution in [0.2, 0.25) is 0 Å². The van der Waals surface area contributed by atoms with Gasteiger partial charge in [-0.25, -0.2) is 5.01 Å². The van der Waals surface area contributed by atoms with Crippen LogP contribution in [0.3, 0.4) is 0 Å². The third-order valence-corrected chi connectivity index (χ3v) is 5.21. The van der Waals surface area contributed by atoms with Crippen molar-refractivity contribution in [1.29, 1.82) is 0 Å². The molecule has 0 spiro atoms. The highest BCUT2D eigenvalue weighted by Gasteiger charge is 2.21. The largest absolute Gasteiger partial charge is 0.492 e. The van der Waals surface area contributed by atoms with Crippen molar-refractivity contribution in [2.75, 3.05) is 24.7 Å². The predicted molar refractivity (Wildman–Crippen MR) is 108 cm³/mol. The van der Waals surface area contributed by atoms with Gasteiger partial charge in [0.05, 0.1) is 24.6 Å². The van der Waals surface area contributed by atoms with Crippen LogP contribution in [0.4, 0.5) is 0 Å². The first-order chi connectivity index (χ1) is 12.6. The van der Waals surface area contributed by atoms with Crippen LogP contribution >= 0.6 is 11.8 Å². The number of amides is 1. The zero-order valence-corrected chi connectivity index (χ0v) is 16.1. The van der Waals surface area contributed by atoms with Crippen molar-refractivity contribution >= 4 is 23.4 Å². The second-order valence-corrected chi connectivity index (χ2v) is 7.41. The fourth-order valence-corrected chi connectivity index (χ4v) is 3.60. The van der Waals surface area contributed by atoms with E-state index in [1.807, 2.05) is 36.4 Å². The van der Waals surface area contributed by atoms with E-state index in [4.69, 9.17) is 4.74 Å². The van der Waals surface area contributed by atoms with Gasteiger partial charge < -0.3 is 4.74 Å². The van der Waals surface area contributed by atoms with E-state index in [0.29, 0.717) is 18.9 Å². The molecule has 0 saturated carbocycles. The maximum atomic E-state index is 12.3. The zero-order chi connectivity index (χ0) is 18.4. The lowest BCUT2D eigenvalue weighted by Gasteiger charge is -2.13. The van der Waals surface area contributed by atoms with Gasteiger partial charge in [0, 0.05) is 12.2 Å². The first kappa shape index (κ1) is 18.5. The van der Waals surface area contributed by atoms with Crippen molar-refractivity contribution in [1.82, 2.24) is 5.01 Å². The number of ether oxygens (including phenoxy) is 1. The molecule has 0 unspecified atom stereocenters. The Hall–Kier alpha value is -2.27. The summed E-state index contributed by atoms with van der Waals surface area (Å²) >= 11 is 1.59. The van der Waals surface area contributed by atoms with Gasteiger partial charge in [0.15, 0.2) is 0 Å². The van der Waals surface area contributed by atoms with Gasteiger partial charge in [-0.1, -0.05) is 48.5 Å². The smallest absolute Gasteiger partial charge is 0.252 e. The number of rotatable bonds is 7. The minimum Gasteiger partial charge on any atom is -0.492 e. The Morgan fingerprint density at radius 3 is 2.58 bits per heavy atom. The Kier molecular flexibility index (Phi) is 6.34. The molecule has 0 bridgehead atoms. The molecule has 136 valence electrons. The number of hydrogen-bond acceptors (Lipinski definition) is 4. The molecule has 1 aliphatic rings. The molecule has 0 aromatic heterocycles. The topological polar surface area (TPSA) is 41.9 Å². The van der Waals surface area contributed by atoms with Gasteiger partial charge in [-0.05, 0) is 30.5 Å². The molecule has 4 nitrogen and oxygen atoms in total. The molecule has 5 heteroatoms. The van der Waals surface area contributed by atoms with E-state index < -0.39 is 0 Å². The molecule has 1 amide bonds. The molecule has 0 aliphatic carbocycles. The van der Waals surface area contributed by atoms with Gasteiger partial charge >= 0.3 is 0 Å². The van der Waals surface area contributed by atoms with Gasteiger partial charge in [-0.15, -0.1) is 11.8 Å². The Morgan fingerprint density at radius 1 is 1.12 bits per heavy atom. The van der Waals surface area contributed by atoms with Crippen molar-refractivity contribution in [3.05, 3.63) is 65.2 Å². The molecule has 1 aliphatic heterocycles. The number of thioether (sulfide) groups is 1. The van der Waals surface area contributed by atoms with Gasteiger partial charge in [0.1, 0.15) is 5.75 Å². The van der Waals surface area contributed by atoms with E-state index in [9.17, 15) is 4.79 Å². The van der Waals surface area contributed by atoms with E-state index in [-0.39, 0.29) is 5.91 Å². The molecule has 1 heterocycles. The standard InChI is InChI=1S/C21H24N2O2S/c1-16-7-6-8-17(2)21(16)25-13-14-26-15-20(24)23-12-11-19(22-23)18-9-4-3-5-10-18/h3-10H,11-15H2,1-2H3. The average Bonchev–Trinajstić information content (AvgIpc) is 3.14. The predicted octanol–water partition coefficient (Wildman–Crippen LogP) is 4.05. The number of carbonyl (C=O) groups excluding carboxylic acids is 1. The summed E-state index contributed by atoms with van der Waals surface area (Å²) in [5.74, 6) is 2.23. The minimum atomic E-state index is 0.0630. The molecule has 3 rings (SSSR count). The highest BCUT2D eigenvalue weighted by molar-refractivity contribution is 7.99. The van der Waals surface area contributed by atoms with Crippen LogP contribution in [-0.2, 0) is 4.79 Å². The van der Waals surface area contributed by atoms with E-state index in [1.54, 1.807) is 16.8 Å². The Bertz CT molecular complexity index is 770. The quantitative estimate of drug-likeness (QED) is 0.692. The van der Waals surface area contributed by atoms with E-state index in [0.717, 1.165) is 40.3 Å². The molecule has 0 fully saturated rings. The van der Waals surface area contributed by atoms with E-state index in [1.165, 1.54) is 0 Å². The number of aryl methyl sites for hydroxylation is 2. The molecule has 26 heavy (non-hydrogen) atoms. The van der Waals surface area contributed by atoms with Crippen molar-refractivity contribution in [3.8, 4) is 5.75 Å². The van der Waals surface area contributed by atoms with Crippen molar-refractivity contribution in [2.24, 2.45) is 5.10 Å². The number of nitrogens with zero attached hydrogens (tertiary/aromatic N) is 2. The van der Waals surface area contributed by atoms with Crippen LogP contribution in [0.5, 0.6) is 5.75 Å². The van der Waals surface area contributed by atoms with Crippen molar-refractivity contribution in [3.63, 3.8) is 0 Å². The molecule has 2 aromatic carbocycles. The van der Waals surface area contributed by atoms with Crippen LogP contribution in [0.25, 0.3) is 0 Å². The molecule has 0 N–H and O–H groups in total. The summed E-state index contributed by atoms with van der Waals surface area (Å²) in [7, 11) is 0. The molecule has 0 saturated heterocycles. The van der Waals surface area contributed by atoms with Crippen LogP contribution in [0.1, 0.15) is 23.1 Å². The summed E-state index contributed by atoms with van der Waals surface area (Å²) in [6.45, 7) is 5.37.